The van der Waals surface area contributed by atoms with Crippen molar-refractivity contribution in [1.82, 2.24) is 20.1 Å². The van der Waals surface area contributed by atoms with Crippen LogP contribution in [0, 0.1) is 18.8 Å². The molecular weight excluding hydrogens is 733 g/mol. The van der Waals surface area contributed by atoms with Crippen LogP contribution in [-0.2, 0) is 28.0 Å². The largest absolute Gasteiger partial charge is 0.490 e. The summed E-state index contributed by atoms with van der Waals surface area (Å²) in [5.41, 5.74) is 2.88. The number of pyridine rings is 1. The Labute approximate surface area is 335 Å². The molecule has 0 radical (unpaired) electrons. The van der Waals surface area contributed by atoms with Crippen molar-refractivity contribution >= 4 is 35.9 Å². The fourth-order valence-electron chi connectivity index (χ4n) is 6.94. The third kappa shape index (κ3) is 13.0. The molecule has 2 aliphatic rings. The van der Waals surface area contributed by atoms with Crippen LogP contribution < -0.4 is 10.1 Å². The number of amides is 3. The van der Waals surface area contributed by atoms with Crippen LogP contribution in [0.3, 0.4) is 0 Å². The first kappa shape index (κ1) is 42.5. The number of rotatable bonds is 15. The van der Waals surface area contributed by atoms with Crippen LogP contribution in [0.4, 0.5) is 4.79 Å². The number of para-hydroxylation sites is 1. The minimum absolute atomic E-state index is 0.0394. The van der Waals surface area contributed by atoms with Gasteiger partial charge in [0, 0.05) is 73.1 Å². The number of esters is 1. The number of nitrogens with zero attached hydrogens (tertiary/aromatic N) is 3. The molecule has 302 valence electrons. The van der Waals surface area contributed by atoms with Gasteiger partial charge < -0.3 is 33.5 Å². The van der Waals surface area contributed by atoms with Gasteiger partial charge in [0.25, 0.3) is 0 Å². The molecule has 2 fully saturated rings. The van der Waals surface area contributed by atoms with Crippen LogP contribution in [0.15, 0.2) is 71.9 Å². The lowest BCUT2D eigenvalue weighted by Gasteiger charge is -2.35. The summed E-state index contributed by atoms with van der Waals surface area (Å²) in [6, 6.07) is 17.0. The van der Waals surface area contributed by atoms with E-state index in [1.54, 1.807) is 22.2 Å². The smallest absolute Gasteiger partial charge is 0.410 e. The number of piperidine rings is 2. The Kier molecular flexibility index (Phi) is 15.6. The minimum Gasteiger partial charge on any atom is -0.490 e. The first-order valence-corrected chi connectivity index (χ1v) is 20.3. The molecule has 0 spiro atoms. The van der Waals surface area contributed by atoms with E-state index in [0.717, 1.165) is 35.3 Å². The van der Waals surface area contributed by atoms with E-state index in [1.807, 2.05) is 82.3 Å². The summed E-state index contributed by atoms with van der Waals surface area (Å²) in [4.78, 5) is 61.2. The normalized spacial score (nSPS) is 16.8. The molecule has 0 aliphatic carbocycles. The fourth-order valence-corrected chi connectivity index (χ4v) is 7.48. The number of aryl methyl sites for hydroxylation is 1. The van der Waals surface area contributed by atoms with Gasteiger partial charge in [-0.05, 0) is 95.5 Å². The summed E-state index contributed by atoms with van der Waals surface area (Å²) in [5, 5.41) is 3.09. The monoisotopic (exact) mass is 788 g/mol. The van der Waals surface area contributed by atoms with Crippen molar-refractivity contribution in [2.75, 3.05) is 46.5 Å². The Morgan fingerprint density at radius 2 is 1.70 bits per heavy atom. The maximum Gasteiger partial charge on any atom is 0.410 e. The predicted octanol–water partition coefficient (Wildman–Crippen LogP) is 7.55. The van der Waals surface area contributed by atoms with Crippen molar-refractivity contribution < 1.29 is 37.6 Å². The molecular formula is C43H56N4O8S. The quantitative estimate of drug-likeness (QED) is 0.0935. The molecule has 12 nitrogen and oxygen atoms in total. The summed E-state index contributed by atoms with van der Waals surface area (Å²) in [6.45, 7) is 10.5. The number of aromatic nitrogens is 1. The van der Waals surface area contributed by atoms with Crippen molar-refractivity contribution in [1.29, 1.82) is 0 Å². The number of benzene rings is 2. The van der Waals surface area contributed by atoms with Crippen molar-refractivity contribution in [3.8, 4) is 16.9 Å². The number of hydrogen-bond acceptors (Lipinski definition) is 10. The maximum atomic E-state index is 13.8. The van der Waals surface area contributed by atoms with Gasteiger partial charge in [-0.2, -0.15) is 0 Å². The van der Waals surface area contributed by atoms with Gasteiger partial charge in [0.05, 0.1) is 32.1 Å². The zero-order valence-electron chi connectivity index (χ0n) is 33.3. The van der Waals surface area contributed by atoms with Gasteiger partial charge in [-0.1, -0.05) is 35.9 Å². The number of likely N-dealkylation sites (tertiary alicyclic amines) is 2. The van der Waals surface area contributed by atoms with Crippen LogP contribution in [0.2, 0.25) is 0 Å². The van der Waals surface area contributed by atoms with Crippen LogP contribution in [0.25, 0.3) is 11.1 Å². The summed E-state index contributed by atoms with van der Waals surface area (Å²) >= 11 is 1.31. The minimum atomic E-state index is -0.694. The Bertz CT molecular complexity index is 1770. The van der Waals surface area contributed by atoms with E-state index in [0.29, 0.717) is 75.9 Å². The molecule has 2 unspecified atom stereocenters. The van der Waals surface area contributed by atoms with E-state index in [-0.39, 0.29) is 24.3 Å². The van der Waals surface area contributed by atoms with Gasteiger partial charge in [-0.15, -0.1) is 0 Å². The molecule has 0 saturated carbocycles. The van der Waals surface area contributed by atoms with Crippen molar-refractivity contribution in [2.45, 2.75) is 89.2 Å². The molecule has 2 aromatic carbocycles. The first-order chi connectivity index (χ1) is 26.9. The number of methoxy groups -OCH3 is 1. The lowest BCUT2D eigenvalue weighted by molar-refractivity contribution is -0.141. The van der Waals surface area contributed by atoms with Crippen LogP contribution in [0.5, 0.6) is 5.75 Å². The lowest BCUT2D eigenvalue weighted by atomic mass is 9.91. The van der Waals surface area contributed by atoms with E-state index in [4.69, 9.17) is 18.4 Å². The molecule has 3 heterocycles. The Morgan fingerprint density at radius 3 is 2.43 bits per heavy atom. The summed E-state index contributed by atoms with van der Waals surface area (Å²) < 4.78 is 22.4. The third-order valence-corrected chi connectivity index (χ3v) is 10.8. The molecule has 2 aliphatic heterocycles. The maximum absolute atomic E-state index is 13.8. The molecule has 56 heavy (non-hydrogen) atoms. The van der Waals surface area contributed by atoms with Gasteiger partial charge >= 0.3 is 12.1 Å². The van der Waals surface area contributed by atoms with Crippen molar-refractivity contribution in [3.05, 3.63) is 78.1 Å². The number of hydrogen-bond donors (Lipinski definition) is 1. The lowest BCUT2D eigenvalue weighted by Crippen LogP contribution is -2.46. The van der Waals surface area contributed by atoms with Gasteiger partial charge in [-0.25, -0.2) is 4.79 Å². The number of carbonyl (C=O) groups is 4. The van der Waals surface area contributed by atoms with E-state index < -0.39 is 23.5 Å². The predicted molar refractivity (Wildman–Crippen MR) is 215 cm³/mol. The second-order valence-electron chi connectivity index (χ2n) is 15.5. The fraction of sp³-hybridized carbons (Fsp3) is 0.512. The highest BCUT2D eigenvalue weighted by Crippen LogP contribution is 2.32. The Balaban J connectivity index is 1.15. The Hall–Kier alpha value is -4.62. The average Bonchev–Trinajstić information content (AvgIpc) is 3.20. The van der Waals surface area contributed by atoms with Crippen LogP contribution in [0.1, 0.15) is 82.9 Å². The molecule has 13 heteroatoms. The van der Waals surface area contributed by atoms with Crippen molar-refractivity contribution in [3.63, 3.8) is 0 Å². The van der Waals surface area contributed by atoms with Gasteiger partial charge in [0.15, 0.2) is 0 Å². The average molecular weight is 789 g/mol. The molecule has 2 atom stereocenters. The van der Waals surface area contributed by atoms with Crippen LogP contribution >= 0.6 is 12.0 Å². The highest BCUT2D eigenvalue weighted by molar-refractivity contribution is 7.94. The van der Waals surface area contributed by atoms with Gasteiger partial charge in [0.2, 0.25) is 11.8 Å². The zero-order valence-corrected chi connectivity index (χ0v) is 34.1. The number of nitrogens with one attached hydrogen (secondary N) is 1. The second kappa shape index (κ2) is 20.5. The number of carbonyl (C=O) groups excluding carboxylic acids is 4. The van der Waals surface area contributed by atoms with E-state index in [2.05, 4.69) is 10.3 Å². The first-order valence-electron chi connectivity index (χ1n) is 19.5. The molecule has 5 rings (SSSR count). The molecule has 0 bridgehead atoms. The SMILES string of the molecule is COC(=O)CC(NC(=O)C1CCCN(C(=O)CCC2CCN(C(=O)OC(C)(C)C)CC2)C1)c1cncc(-c2ccccc2OCCOSc2ccc(C)cc2)c1. The zero-order chi connectivity index (χ0) is 40.1. The van der Waals surface area contributed by atoms with Gasteiger partial charge in [-0.3, -0.25) is 19.4 Å². The summed E-state index contributed by atoms with van der Waals surface area (Å²) in [5.74, 6) is -0.0545. The van der Waals surface area contributed by atoms with E-state index in [9.17, 15) is 19.2 Å². The van der Waals surface area contributed by atoms with Crippen molar-refractivity contribution in [2.24, 2.45) is 11.8 Å². The standard InChI is InChI=1S/C43H56N4O8S/c1-30-12-15-35(16-13-30)56-54-24-23-53-38-11-7-6-10-36(38)33-25-34(28-44-27-33)37(26-40(49)52-5)45-41(50)32-9-8-20-47(29-32)39(48)17-14-31-18-21-46(22-19-31)42(51)55-43(2,3)4/h6-7,10-13,15-16,25,27-28,31-32,37H,8-9,14,17-24,26,29H2,1-5H3,(H,45,50). The highest BCUT2D eigenvalue weighted by atomic mass is 32.2. The molecule has 3 amide bonds. The molecule has 2 saturated heterocycles. The summed E-state index contributed by atoms with van der Waals surface area (Å²) in [6.07, 6.45) is 7.16. The highest BCUT2D eigenvalue weighted by Gasteiger charge is 2.32. The van der Waals surface area contributed by atoms with E-state index in [1.165, 1.54) is 24.7 Å². The number of ether oxygens (including phenoxy) is 3. The van der Waals surface area contributed by atoms with Gasteiger partial charge in [0.1, 0.15) is 18.0 Å². The topological polar surface area (TPSA) is 137 Å². The summed E-state index contributed by atoms with van der Waals surface area (Å²) in [7, 11) is 1.32. The molecule has 1 N–H and O–H groups in total. The molecule has 1 aromatic heterocycles. The molecule has 3 aromatic rings. The third-order valence-electron chi connectivity index (χ3n) is 10.1. The Morgan fingerprint density at radius 1 is 0.946 bits per heavy atom. The van der Waals surface area contributed by atoms with Crippen LogP contribution in [-0.4, -0.2) is 90.8 Å². The van der Waals surface area contributed by atoms with E-state index >= 15 is 0 Å². The second-order valence-corrected chi connectivity index (χ2v) is 16.4.